The number of aromatic nitrogens is 2. The molecule has 0 saturated heterocycles. The summed E-state index contributed by atoms with van der Waals surface area (Å²) >= 11 is 0. The molecule has 0 aliphatic heterocycles. The monoisotopic (exact) mass is 319 g/mol. The zero-order valence-corrected chi connectivity index (χ0v) is 11.4. The van der Waals surface area contributed by atoms with E-state index in [1.165, 1.54) is 24.3 Å². The molecule has 23 heavy (non-hydrogen) atoms. The number of nitrogens with zero attached hydrogens (tertiary/aromatic N) is 2. The lowest BCUT2D eigenvalue weighted by molar-refractivity contribution is 0.0990. The number of amides is 1. The second-order valence-electron chi connectivity index (χ2n) is 4.50. The number of halogens is 3. The summed E-state index contributed by atoms with van der Waals surface area (Å²) in [4.78, 5) is 11.9. The molecule has 3 rings (SSSR count). The molecule has 1 N–H and O–H groups in total. The fourth-order valence-electron chi connectivity index (χ4n) is 1.79. The second-order valence-corrected chi connectivity index (χ2v) is 4.50. The third kappa shape index (κ3) is 3.20. The van der Waals surface area contributed by atoms with Crippen molar-refractivity contribution in [2.24, 2.45) is 0 Å². The number of hydrogen-bond donors (Lipinski definition) is 1. The van der Waals surface area contributed by atoms with Crippen molar-refractivity contribution in [2.75, 3.05) is 5.32 Å². The van der Waals surface area contributed by atoms with Crippen LogP contribution in [0, 0.1) is 17.5 Å². The first kappa shape index (κ1) is 14.8. The molecule has 0 spiro atoms. The topological polar surface area (TPSA) is 68.0 Å². The summed E-state index contributed by atoms with van der Waals surface area (Å²) in [5.41, 5.74) is 0.198. The number of carbonyl (C=O) groups excluding carboxylic acids is 1. The molecule has 0 unspecified atom stereocenters. The smallest absolute Gasteiger partial charge is 0.313 e. The van der Waals surface area contributed by atoms with E-state index in [0.717, 1.165) is 12.1 Å². The molecule has 0 bridgehead atoms. The molecule has 1 aromatic heterocycles. The standard InChI is InChI=1S/C15H8F3N3O2/c16-9-3-1-8(2-4-9)14-20-21-15(23-14)13(22)19-12-6-5-10(17)7-11(12)18/h1-7H,(H,19,22). The summed E-state index contributed by atoms with van der Waals surface area (Å²) in [7, 11) is 0. The molecule has 0 fully saturated rings. The van der Waals surface area contributed by atoms with Gasteiger partial charge in [-0.05, 0) is 36.4 Å². The van der Waals surface area contributed by atoms with Crippen molar-refractivity contribution in [3.8, 4) is 11.5 Å². The van der Waals surface area contributed by atoms with E-state index < -0.39 is 29.2 Å². The first-order valence-corrected chi connectivity index (χ1v) is 6.39. The van der Waals surface area contributed by atoms with E-state index in [0.29, 0.717) is 11.6 Å². The lowest BCUT2D eigenvalue weighted by atomic mass is 10.2. The minimum absolute atomic E-state index is 0.00901. The summed E-state index contributed by atoms with van der Waals surface area (Å²) in [6.07, 6.45) is 0. The maximum Gasteiger partial charge on any atom is 0.313 e. The Labute approximate surface area is 127 Å². The molecule has 8 heteroatoms. The first-order chi connectivity index (χ1) is 11.0. The maximum absolute atomic E-state index is 13.5. The minimum Gasteiger partial charge on any atom is -0.412 e. The van der Waals surface area contributed by atoms with Gasteiger partial charge in [0.15, 0.2) is 0 Å². The van der Waals surface area contributed by atoms with Crippen LogP contribution in [0.5, 0.6) is 0 Å². The minimum atomic E-state index is -0.934. The van der Waals surface area contributed by atoms with Crippen molar-refractivity contribution < 1.29 is 22.4 Å². The van der Waals surface area contributed by atoms with Gasteiger partial charge in [0.2, 0.25) is 5.89 Å². The van der Waals surface area contributed by atoms with Gasteiger partial charge in [-0.3, -0.25) is 4.79 Å². The molecule has 116 valence electrons. The lowest BCUT2D eigenvalue weighted by Crippen LogP contribution is -2.13. The average Bonchev–Trinajstić information content (AvgIpc) is 3.01. The molecule has 1 amide bonds. The Hall–Kier alpha value is -3.16. The van der Waals surface area contributed by atoms with Crippen molar-refractivity contribution in [3.05, 3.63) is 65.8 Å². The summed E-state index contributed by atoms with van der Waals surface area (Å²) in [6.45, 7) is 0. The van der Waals surface area contributed by atoms with Crippen molar-refractivity contribution in [1.29, 1.82) is 0 Å². The molecule has 0 aliphatic carbocycles. The SMILES string of the molecule is O=C(Nc1ccc(F)cc1F)c1nnc(-c2ccc(F)cc2)o1. The Kier molecular flexibility index (Phi) is 3.80. The quantitative estimate of drug-likeness (QED) is 0.803. The predicted octanol–water partition coefficient (Wildman–Crippen LogP) is 3.41. The molecular weight excluding hydrogens is 311 g/mol. The Balaban J connectivity index is 1.79. The van der Waals surface area contributed by atoms with Gasteiger partial charge in [0, 0.05) is 11.6 Å². The molecule has 1 heterocycles. The average molecular weight is 319 g/mol. The largest absolute Gasteiger partial charge is 0.412 e. The highest BCUT2D eigenvalue weighted by molar-refractivity contribution is 6.01. The number of rotatable bonds is 3. The molecule has 0 radical (unpaired) electrons. The van der Waals surface area contributed by atoms with E-state index in [4.69, 9.17) is 4.42 Å². The van der Waals surface area contributed by atoms with Gasteiger partial charge in [0.1, 0.15) is 17.5 Å². The summed E-state index contributed by atoms with van der Waals surface area (Å²) < 4.78 is 44.3. The van der Waals surface area contributed by atoms with Crippen molar-refractivity contribution in [2.45, 2.75) is 0 Å². The number of carbonyl (C=O) groups is 1. The molecular formula is C15H8F3N3O2. The fourth-order valence-corrected chi connectivity index (χ4v) is 1.79. The summed E-state index contributed by atoms with van der Waals surface area (Å²) in [6, 6.07) is 7.92. The van der Waals surface area contributed by atoms with Gasteiger partial charge in [-0.25, -0.2) is 13.2 Å². The van der Waals surface area contributed by atoms with Crippen LogP contribution in [0.2, 0.25) is 0 Å². The van der Waals surface area contributed by atoms with Crippen LogP contribution in [0.1, 0.15) is 10.7 Å². The zero-order chi connectivity index (χ0) is 16.4. The molecule has 2 aromatic carbocycles. The first-order valence-electron chi connectivity index (χ1n) is 6.39. The highest BCUT2D eigenvalue weighted by Gasteiger charge is 2.17. The van der Waals surface area contributed by atoms with E-state index in [9.17, 15) is 18.0 Å². The van der Waals surface area contributed by atoms with Crippen LogP contribution in [0.25, 0.3) is 11.5 Å². The molecule has 3 aromatic rings. The molecule has 5 nitrogen and oxygen atoms in total. The maximum atomic E-state index is 13.5. The van der Waals surface area contributed by atoms with Gasteiger partial charge in [0.05, 0.1) is 5.69 Å². The molecule has 0 aliphatic rings. The fraction of sp³-hybridized carbons (Fsp3) is 0. The van der Waals surface area contributed by atoms with E-state index in [1.807, 2.05) is 0 Å². The number of hydrogen-bond acceptors (Lipinski definition) is 4. The van der Waals surface area contributed by atoms with E-state index in [2.05, 4.69) is 15.5 Å². The second kappa shape index (κ2) is 5.91. The summed E-state index contributed by atoms with van der Waals surface area (Å²) in [5.74, 6) is -3.38. The third-order valence-corrected chi connectivity index (χ3v) is 2.89. The Morgan fingerprint density at radius 3 is 2.35 bits per heavy atom. The van der Waals surface area contributed by atoms with Gasteiger partial charge >= 0.3 is 11.8 Å². The molecule has 0 atom stereocenters. The number of benzene rings is 2. The Morgan fingerprint density at radius 1 is 0.957 bits per heavy atom. The highest BCUT2D eigenvalue weighted by atomic mass is 19.1. The zero-order valence-electron chi connectivity index (χ0n) is 11.4. The third-order valence-electron chi connectivity index (χ3n) is 2.89. The normalized spacial score (nSPS) is 10.6. The molecule has 0 saturated carbocycles. The Morgan fingerprint density at radius 2 is 1.65 bits per heavy atom. The van der Waals surface area contributed by atoms with Gasteiger partial charge < -0.3 is 9.73 Å². The Bertz CT molecular complexity index is 863. The van der Waals surface area contributed by atoms with E-state index >= 15 is 0 Å². The van der Waals surface area contributed by atoms with Gasteiger partial charge in [-0.15, -0.1) is 10.2 Å². The van der Waals surface area contributed by atoms with Crippen LogP contribution >= 0.6 is 0 Å². The van der Waals surface area contributed by atoms with Crippen LogP contribution in [-0.2, 0) is 0 Å². The van der Waals surface area contributed by atoms with Crippen LogP contribution in [0.3, 0.4) is 0 Å². The van der Waals surface area contributed by atoms with Crippen LogP contribution < -0.4 is 5.32 Å². The van der Waals surface area contributed by atoms with Crippen LogP contribution in [0.4, 0.5) is 18.9 Å². The van der Waals surface area contributed by atoms with Crippen molar-refractivity contribution in [3.63, 3.8) is 0 Å². The van der Waals surface area contributed by atoms with Gasteiger partial charge in [-0.1, -0.05) is 0 Å². The predicted molar refractivity (Wildman–Crippen MR) is 74.0 cm³/mol. The van der Waals surface area contributed by atoms with Crippen LogP contribution in [-0.4, -0.2) is 16.1 Å². The van der Waals surface area contributed by atoms with E-state index in [1.54, 1.807) is 0 Å². The van der Waals surface area contributed by atoms with E-state index in [-0.39, 0.29) is 11.6 Å². The van der Waals surface area contributed by atoms with Gasteiger partial charge in [-0.2, -0.15) is 0 Å². The van der Waals surface area contributed by atoms with Crippen molar-refractivity contribution >= 4 is 11.6 Å². The van der Waals surface area contributed by atoms with Crippen molar-refractivity contribution in [1.82, 2.24) is 10.2 Å². The van der Waals surface area contributed by atoms with Gasteiger partial charge in [0.25, 0.3) is 0 Å². The van der Waals surface area contributed by atoms with Crippen LogP contribution in [0.15, 0.2) is 46.9 Å². The number of nitrogens with one attached hydrogen (secondary N) is 1. The lowest BCUT2D eigenvalue weighted by Gasteiger charge is -2.03. The number of anilines is 1. The highest BCUT2D eigenvalue weighted by Crippen LogP contribution is 2.20. The summed E-state index contributed by atoms with van der Waals surface area (Å²) in [5, 5.41) is 9.39.